The first-order valence-electron chi connectivity index (χ1n) is 10.2. The van der Waals surface area contributed by atoms with E-state index in [4.69, 9.17) is 18.5 Å². The van der Waals surface area contributed by atoms with Crippen molar-refractivity contribution in [2.24, 2.45) is 0 Å². The molecular formula is C21H25N2O10P. The summed E-state index contributed by atoms with van der Waals surface area (Å²) < 4.78 is 39.4. The summed E-state index contributed by atoms with van der Waals surface area (Å²) in [4.78, 5) is 27.8. The number of methoxy groups -OCH3 is 1. The summed E-state index contributed by atoms with van der Waals surface area (Å²) in [7, 11) is -3.03. The molecule has 1 aromatic carbocycles. The lowest BCUT2D eigenvalue weighted by molar-refractivity contribution is -0.142. The third kappa shape index (κ3) is 6.60. The summed E-state index contributed by atoms with van der Waals surface area (Å²) in [5, 5.41) is 23.0. The predicted molar refractivity (Wildman–Crippen MR) is 116 cm³/mol. The Bertz CT molecular complexity index is 1010. The fraction of sp³-hybridized carbons (Fsp3) is 0.381. The molecule has 3 N–H and O–H groups in total. The summed E-state index contributed by atoms with van der Waals surface area (Å²) in [5.41, 5.74) is 0.120. The zero-order chi connectivity index (χ0) is 24.7. The number of hydrogen-bond donors (Lipinski definition) is 3. The van der Waals surface area contributed by atoms with E-state index < -0.39 is 56.9 Å². The first kappa shape index (κ1) is 25.8. The maximum atomic E-state index is 13.3. The number of carbonyl (C=O) groups is 2. The van der Waals surface area contributed by atoms with Crippen molar-refractivity contribution in [2.45, 2.75) is 37.6 Å². The van der Waals surface area contributed by atoms with E-state index >= 15 is 0 Å². The van der Waals surface area contributed by atoms with Crippen LogP contribution in [0.25, 0.3) is 0 Å². The molecule has 0 bridgehead atoms. The van der Waals surface area contributed by atoms with Gasteiger partial charge in [0, 0.05) is 12.4 Å². The van der Waals surface area contributed by atoms with Gasteiger partial charge in [0.15, 0.2) is 0 Å². The quantitative estimate of drug-likeness (QED) is 0.317. The van der Waals surface area contributed by atoms with Gasteiger partial charge < -0.3 is 28.9 Å². The van der Waals surface area contributed by atoms with Gasteiger partial charge in [0.2, 0.25) is 6.29 Å². The van der Waals surface area contributed by atoms with Crippen LogP contribution in [0, 0.1) is 0 Å². The lowest BCUT2D eigenvalue weighted by Crippen LogP contribution is -2.37. The summed E-state index contributed by atoms with van der Waals surface area (Å²) in [6.07, 6.45) is -3.12. The molecule has 6 atom stereocenters. The van der Waals surface area contributed by atoms with Gasteiger partial charge in [-0.05, 0) is 31.2 Å². The molecule has 34 heavy (non-hydrogen) atoms. The van der Waals surface area contributed by atoms with E-state index in [1.54, 1.807) is 18.2 Å². The number of carbonyl (C=O) groups excluding carboxylic acids is 2. The molecule has 1 aliphatic rings. The number of esters is 2. The van der Waals surface area contributed by atoms with Crippen LogP contribution >= 0.6 is 7.75 Å². The molecular weight excluding hydrogens is 471 g/mol. The Hall–Kier alpha value is -2.86. The molecule has 3 rings (SSSR count). The Labute approximate surface area is 195 Å². The first-order chi connectivity index (χ1) is 16.2. The monoisotopic (exact) mass is 496 g/mol. The Morgan fingerprint density at radius 1 is 1.18 bits per heavy atom. The molecule has 1 fully saturated rings. The molecule has 184 valence electrons. The zero-order valence-corrected chi connectivity index (χ0v) is 19.2. The number of aromatic nitrogens is 1. The van der Waals surface area contributed by atoms with Gasteiger partial charge in [0.1, 0.15) is 30.1 Å². The summed E-state index contributed by atoms with van der Waals surface area (Å²) >= 11 is 0. The van der Waals surface area contributed by atoms with Gasteiger partial charge in [0.25, 0.3) is 0 Å². The van der Waals surface area contributed by atoms with Crippen LogP contribution in [0.1, 0.15) is 17.3 Å². The Morgan fingerprint density at radius 2 is 1.91 bits per heavy atom. The summed E-state index contributed by atoms with van der Waals surface area (Å²) in [6, 6.07) is 9.99. The van der Waals surface area contributed by atoms with Crippen molar-refractivity contribution in [1.82, 2.24) is 10.1 Å². The standard InChI is InChI=1S/C21H25N2O10P/c1-13(19(26)29-2)23-34(28,33-15-8-4-3-5-9-15)30-12-16-17(24)18(25)21(31-16)32-20(27)14-7-6-10-22-11-14/h3-11,13,16-18,21,24-25H,12H2,1-2H3,(H,23,28)/t13?,16?,17?,18?,21?,34-/m1/s1. The Morgan fingerprint density at radius 3 is 2.56 bits per heavy atom. The van der Waals surface area contributed by atoms with Crippen LogP contribution in [0.2, 0.25) is 0 Å². The van der Waals surface area contributed by atoms with Crippen LogP contribution in [-0.2, 0) is 28.1 Å². The van der Waals surface area contributed by atoms with Crippen LogP contribution in [0.15, 0.2) is 54.9 Å². The minimum Gasteiger partial charge on any atom is -0.468 e. The van der Waals surface area contributed by atoms with Crippen LogP contribution in [-0.4, -0.2) is 71.5 Å². The number of pyridine rings is 1. The molecule has 0 saturated carbocycles. The number of benzene rings is 1. The van der Waals surface area contributed by atoms with E-state index in [9.17, 15) is 24.4 Å². The molecule has 1 aromatic heterocycles. The van der Waals surface area contributed by atoms with E-state index in [-0.39, 0.29) is 11.3 Å². The number of aliphatic hydroxyl groups excluding tert-OH is 2. The second-order valence-corrected chi connectivity index (χ2v) is 8.94. The van der Waals surface area contributed by atoms with E-state index in [0.29, 0.717) is 0 Å². The van der Waals surface area contributed by atoms with E-state index in [1.807, 2.05) is 0 Å². The predicted octanol–water partition coefficient (Wildman–Crippen LogP) is 1.04. The summed E-state index contributed by atoms with van der Waals surface area (Å²) in [5.74, 6) is -1.35. The molecule has 0 amide bonds. The molecule has 2 aromatic rings. The van der Waals surface area contributed by atoms with Crippen molar-refractivity contribution in [2.75, 3.05) is 13.7 Å². The molecule has 2 heterocycles. The number of para-hydroxylation sites is 1. The minimum atomic E-state index is -4.20. The van der Waals surface area contributed by atoms with Crippen molar-refractivity contribution >= 4 is 19.7 Å². The molecule has 1 saturated heterocycles. The van der Waals surface area contributed by atoms with E-state index in [1.165, 1.54) is 50.7 Å². The highest BCUT2D eigenvalue weighted by Gasteiger charge is 2.46. The van der Waals surface area contributed by atoms with Crippen molar-refractivity contribution in [1.29, 1.82) is 0 Å². The number of nitrogens with zero attached hydrogens (tertiary/aromatic N) is 1. The van der Waals surface area contributed by atoms with E-state index in [0.717, 1.165) is 0 Å². The average molecular weight is 496 g/mol. The summed E-state index contributed by atoms with van der Waals surface area (Å²) in [6.45, 7) is 0.860. The highest BCUT2D eigenvalue weighted by Crippen LogP contribution is 2.45. The molecule has 0 spiro atoms. The van der Waals surface area contributed by atoms with Gasteiger partial charge in [-0.25, -0.2) is 9.36 Å². The fourth-order valence-corrected chi connectivity index (χ4v) is 4.46. The van der Waals surface area contributed by atoms with Gasteiger partial charge >= 0.3 is 19.7 Å². The highest BCUT2D eigenvalue weighted by molar-refractivity contribution is 7.52. The zero-order valence-electron chi connectivity index (χ0n) is 18.3. The number of aliphatic hydroxyl groups is 2. The Kier molecular flexibility index (Phi) is 8.72. The second-order valence-electron chi connectivity index (χ2n) is 7.24. The maximum Gasteiger partial charge on any atom is 0.459 e. The third-order valence-corrected chi connectivity index (χ3v) is 6.37. The molecule has 12 nitrogen and oxygen atoms in total. The van der Waals surface area contributed by atoms with Crippen molar-refractivity contribution in [3.8, 4) is 5.75 Å². The number of rotatable bonds is 10. The molecule has 0 aliphatic carbocycles. The third-order valence-electron chi connectivity index (χ3n) is 4.72. The first-order valence-corrected chi connectivity index (χ1v) is 11.7. The topological polar surface area (TPSA) is 163 Å². The SMILES string of the molecule is COC(=O)C(C)N[P@@](=O)(OCC1OC(OC(=O)c2cccnc2)C(O)C1O)Oc1ccccc1. The van der Waals surface area contributed by atoms with Gasteiger partial charge in [0.05, 0.1) is 19.3 Å². The molecule has 5 unspecified atom stereocenters. The smallest absolute Gasteiger partial charge is 0.459 e. The lowest BCUT2D eigenvalue weighted by atomic mass is 10.1. The normalized spacial score (nSPS) is 24.6. The van der Waals surface area contributed by atoms with Crippen molar-refractivity contribution < 1.29 is 47.6 Å². The van der Waals surface area contributed by atoms with Gasteiger partial charge in [-0.3, -0.25) is 14.3 Å². The van der Waals surface area contributed by atoms with Crippen molar-refractivity contribution in [3.63, 3.8) is 0 Å². The number of nitrogens with one attached hydrogen (secondary N) is 1. The fourth-order valence-electron chi connectivity index (χ4n) is 2.95. The Balaban J connectivity index is 1.66. The molecule has 13 heteroatoms. The van der Waals surface area contributed by atoms with Gasteiger partial charge in [-0.1, -0.05) is 18.2 Å². The molecule has 1 aliphatic heterocycles. The number of ether oxygens (including phenoxy) is 3. The van der Waals surface area contributed by atoms with Crippen LogP contribution in [0.3, 0.4) is 0 Å². The number of hydrogen-bond acceptors (Lipinski definition) is 11. The van der Waals surface area contributed by atoms with Crippen LogP contribution in [0.4, 0.5) is 0 Å². The largest absolute Gasteiger partial charge is 0.468 e. The van der Waals surface area contributed by atoms with Crippen LogP contribution in [0.5, 0.6) is 5.75 Å². The van der Waals surface area contributed by atoms with E-state index in [2.05, 4.69) is 14.8 Å². The molecule has 0 radical (unpaired) electrons. The van der Waals surface area contributed by atoms with Gasteiger partial charge in [-0.15, -0.1) is 0 Å². The maximum absolute atomic E-state index is 13.3. The lowest BCUT2D eigenvalue weighted by Gasteiger charge is -2.24. The highest BCUT2D eigenvalue weighted by atomic mass is 31.2. The van der Waals surface area contributed by atoms with Gasteiger partial charge in [-0.2, -0.15) is 5.09 Å². The second kappa shape index (κ2) is 11.5. The average Bonchev–Trinajstić information content (AvgIpc) is 3.11. The van der Waals surface area contributed by atoms with Crippen molar-refractivity contribution in [3.05, 3.63) is 60.4 Å². The minimum absolute atomic E-state index is 0.120. The van der Waals surface area contributed by atoms with Crippen LogP contribution < -0.4 is 9.61 Å².